The summed E-state index contributed by atoms with van der Waals surface area (Å²) >= 11 is 12.3. The third kappa shape index (κ3) is 3.70. The van der Waals surface area contributed by atoms with Crippen molar-refractivity contribution in [2.24, 2.45) is 5.92 Å². The largest absolute Gasteiger partial charge is 0.352 e. The van der Waals surface area contributed by atoms with Gasteiger partial charge in [0, 0.05) is 18.0 Å². The van der Waals surface area contributed by atoms with Crippen LogP contribution in [-0.2, 0) is 4.79 Å². The van der Waals surface area contributed by atoms with Gasteiger partial charge in [0.2, 0.25) is 5.91 Å². The van der Waals surface area contributed by atoms with Crippen LogP contribution in [0, 0.1) is 5.92 Å². The highest BCUT2D eigenvalue weighted by molar-refractivity contribution is 6.42. The minimum atomic E-state index is 0. The van der Waals surface area contributed by atoms with E-state index in [-0.39, 0.29) is 36.2 Å². The Morgan fingerprint density at radius 3 is 2.86 bits per heavy atom. The molecule has 3 rings (SSSR count). The molecule has 2 aliphatic rings. The number of carbonyl (C=O) groups is 1. The van der Waals surface area contributed by atoms with Crippen LogP contribution in [0.1, 0.15) is 37.7 Å². The van der Waals surface area contributed by atoms with E-state index in [1.807, 2.05) is 12.1 Å². The second-order valence-corrected chi connectivity index (χ2v) is 6.88. The van der Waals surface area contributed by atoms with Gasteiger partial charge in [0.25, 0.3) is 0 Å². The van der Waals surface area contributed by atoms with Crippen molar-refractivity contribution in [3.05, 3.63) is 33.8 Å². The molecule has 1 aliphatic heterocycles. The van der Waals surface area contributed by atoms with Crippen LogP contribution in [0.4, 0.5) is 0 Å². The first kappa shape index (κ1) is 17.9. The van der Waals surface area contributed by atoms with Gasteiger partial charge in [-0.1, -0.05) is 35.3 Å². The molecule has 0 bridgehead atoms. The maximum absolute atomic E-state index is 12.4. The Kier molecular flexibility index (Phi) is 6.00. The molecule has 1 amide bonds. The van der Waals surface area contributed by atoms with E-state index in [9.17, 15) is 4.79 Å². The molecule has 22 heavy (non-hydrogen) atoms. The Hall–Kier alpha value is -0.480. The molecule has 4 unspecified atom stereocenters. The van der Waals surface area contributed by atoms with Crippen molar-refractivity contribution in [3.8, 4) is 0 Å². The first-order valence-electron chi connectivity index (χ1n) is 7.55. The van der Waals surface area contributed by atoms with E-state index < -0.39 is 0 Å². The van der Waals surface area contributed by atoms with Gasteiger partial charge in [-0.25, -0.2) is 0 Å². The molecule has 1 saturated heterocycles. The van der Waals surface area contributed by atoms with E-state index in [4.69, 9.17) is 23.2 Å². The predicted molar refractivity (Wildman–Crippen MR) is 93.2 cm³/mol. The molecule has 1 aliphatic carbocycles. The lowest BCUT2D eigenvalue weighted by Crippen LogP contribution is -2.52. The summed E-state index contributed by atoms with van der Waals surface area (Å²) in [5.74, 6) is 0.398. The average molecular weight is 364 g/mol. The fourth-order valence-electron chi connectivity index (χ4n) is 3.17. The quantitative estimate of drug-likeness (QED) is 0.858. The normalized spacial score (nSPS) is 30.3. The zero-order valence-corrected chi connectivity index (χ0v) is 14.8. The van der Waals surface area contributed by atoms with Gasteiger partial charge in [0.1, 0.15) is 0 Å². The lowest BCUT2D eigenvalue weighted by atomic mass is 9.99. The van der Waals surface area contributed by atoms with Crippen molar-refractivity contribution >= 4 is 41.5 Å². The molecule has 2 N–H and O–H groups in total. The molecule has 0 aromatic heterocycles. The molecule has 1 saturated carbocycles. The Labute approximate surface area is 147 Å². The Balaban J connectivity index is 0.00000176. The molecule has 1 heterocycles. The molecule has 0 spiro atoms. The van der Waals surface area contributed by atoms with Crippen molar-refractivity contribution in [1.29, 1.82) is 0 Å². The first-order valence-corrected chi connectivity index (χ1v) is 8.31. The van der Waals surface area contributed by atoms with Crippen LogP contribution in [0.25, 0.3) is 0 Å². The molecule has 4 atom stereocenters. The summed E-state index contributed by atoms with van der Waals surface area (Å²) in [6.45, 7) is 3.17. The second kappa shape index (κ2) is 7.39. The number of carbonyl (C=O) groups excluding carboxylic acids is 1. The molecular weight excluding hydrogens is 343 g/mol. The van der Waals surface area contributed by atoms with Crippen molar-refractivity contribution < 1.29 is 4.79 Å². The fourth-order valence-corrected chi connectivity index (χ4v) is 3.61. The Bertz CT molecular complexity index is 552. The first-order chi connectivity index (χ1) is 10.1. The Morgan fingerprint density at radius 1 is 1.36 bits per heavy atom. The molecule has 6 heteroatoms. The number of hydrogen-bond donors (Lipinski definition) is 2. The highest BCUT2D eigenvalue weighted by Gasteiger charge is 2.45. The van der Waals surface area contributed by atoms with Crippen LogP contribution in [0.15, 0.2) is 18.2 Å². The van der Waals surface area contributed by atoms with Crippen molar-refractivity contribution in [2.45, 2.75) is 44.2 Å². The number of amides is 1. The molecule has 122 valence electrons. The van der Waals surface area contributed by atoms with Crippen LogP contribution in [0.2, 0.25) is 10.0 Å². The predicted octanol–water partition coefficient (Wildman–Crippen LogP) is 3.78. The molecule has 1 aromatic carbocycles. The van der Waals surface area contributed by atoms with E-state index in [0.29, 0.717) is 16.1 Å². The van der Waals surface area contributed by atoms with E-state index in [0.717, 1.165) is 31.4 Å². The van der Waals surface area contributed by atoms with E-state index in [2.05, 4.69) is 17.6 Å². The van der Waals surface area contributed by atoms with Crippen molar-refractivity contribution in [2.75, 3.05) is 6.54 Å². The third-order valence-electron chi connectivity index (χ3n) is 4.60. The minimum absolute atomic E-state index is 0. The third-order valence-corrected chi connectivity index (χ3v) is 5.43. The van der Waals surface area contributed by atoms with Crippen LogP contribution >= 0.6 is 35.6 Å². The van der Waals surface area contributed by atoms with E-state index >= 15 is 0 Å². The van der Waals surface area contributed by atoms with Gasteiger partial charge in [-0.15, -0.1) is 12.4 Å². The van der Waals surface area contributed by atoms with E-state index in [1.54, 1.807) is 6.07 Å². The molecule has 1 aromatic rings. The van der Waals surface area contributed by atoms with Crippen LogP contribution < -0.4 is 10.6 Å². The number of nitrogens with one attached hydrogen (secondary N) is 2. The van der Waals surface area contributed by atoms with Gasteiger partial charge in [-0.05, 0) is 50.3 Å². The number of rotatable bonds is 3. The van der Waals surface area contributed by atoms with Gasteiger partial charge < -0.3 is 10.6 Å². The lowest BCUT2D eigenvalue weighted by Gasteiger charge is -2.30. The highest BCUT2D eigenvalue weighted by atomic mass is 35.5. The number of piperidine rings is 1. The van der Waals surface area contributed by atoms with Crippen LogP contribution in [0.5, 0.6) is 0 Å². The molecule has 0 radical (unpaired) electrons. The van der Waals surface area contributed by atoms with Crippen molar-refractivity contribution in [1.82, 2.24) is 10.6 Å². The maximum Gasteiger partial charge on any atom is 0.224 e. The average Bonchev–Trinajstić information content (AvgIpc) is 3.25. The fraction of sp³-hybridized carbons (Fsp3) is 0.562. The summed E-state index contributed by atoms with van der Waals surface area (Å²) in [5.41, 5.74) is 0.999. The van der Waals surface area contributed by atoms with Gasteiger partial charge in [0.05, 0.1) is 10.0 Å². The van der Waals surface area contributed by atoms with Crippen LogP contribution in [-0.4, -0.2) is 24.5 Å². The molecular formula is C16H21Cl3N2O. The summed E-state index contributed by atoms with van der Waals surface area (Å²) in [5, 5.41) is 7.74. The summed E-state index contributed by atoms with van der Waals surface area (Å²) in [4.78, 5) is 12.4. The highest BCUT2D eigenvalue weighted by Crippen LogP contribution is 2.50. The molecule has 2 fully saturated rings. The second-order valence-electron chi connectivity index (χ2n) is 6.09. The van der Waals surface area contributed by atoms with Gasteiger partial charge in [-0.3, -0.25) is 4.79 Å². The summed E-state index contributed by atoms with van der Waals surface area (Å²) in [6.07, 6.45) is 3.03. The number of benzene rings is 1. The SMILES string of the molecule is CC1NCCCC1NC(=O)C1CC1c1cccc(Cl)c1Cl.Cl. The van der Waals surface area contributed by atoms with Gasteiger partial charge in [-0.2, -0.15) is 0 Å². The van der Waals surface area contributed by atoms with E-state index in [1.165, 1.54) is 0 Å². The maximum atomic E-state index is 12.4. The zero-order chi connectivity index (χ0) is 15.0. The monoisotopic (exact) mass is 362 g/mol. The minimum Gasteiger partial charge on any atom is -0.352 e. The van der Waals surface area contributed by atoms with Crippen LogP contribution in [0.3, 0.4) is 0 Å². The standard InChI is InChI=1S/C16H20Cl2N2O.ClH/c1-9-14(6-3-7-19-9)20-16(21)12-8-11(12)10-4-2-5-13(17)15(10)18;/h2,4-5,9,11-12,14,19H,3,6-8H2,1H3,(H,20,21);1H. The smallest absolute Gasteiger partial charge is 0.224 e. The van der Waals surface area contributed by atoms with Crippen molar-refractivity contribution in [3.63, 3.8) is 0 Å². The van der Waals surface area contributed by atoms with Gasteiger partial charge in [0.15, 0.2) is 0 Å². The number of hydrogen-bond acceptors (Lipinski definition) is 2. The zero-order valence-electron chi connectivity index (χ0n) is 12.4. The Morgan fingerprint density at radius 2 is 2.14 bits per heavy atom. The summed E-state index contributed by atoms with van der Waals surface area (Å²) in [7, 11) is 0. The van der Waals surface area contributed by atoms with Gasteiger partial charge >= 0.3 is 0 Å². The summed E-state index contributed by atoms with van der Waals surface area (Å²) in [6, 6.07) is 6.22. The summed E-state index contributed by atoms with van der Waals surface area (Å²) < 4.78 is 0. The molecule has 3 nitrogen and oxygen atoms in total. The topological polar surface area (TPSA) is 41.1 Å². The lowest BCUT2D eigenvalue weighted by molar-refractivity contribution is -0.123. The number of halogens is 3.